The molecule has 3 saturated carbocycles. The summed E-state index contributed by atoms with van der Waals surface area (Å²) >= 11 is 0. The molecule has 9 heteroatoms. The molecule has 0 spiro atoms. The maximum absolute atomic E-state index is 17.5. The number of Topliss-reactive ketones (excluding diaryl/α,β-unsaturated/α-hetero) is 1. The first-order valence-electron chi connectivity index (χ1n) is 13.1. The molecular formula is C29H33FO8. The monoisotopic (exact) mass is 528 g/mol. The van der Waals surface area contributed by atoms with E-state index >= 15 is 4.39 Å². The highest BCUT2D eigenvalue weighted by atomic mass is 19.1. The summed E-state index contributed by atoms with van der Waals surface area (Å²) in [5.41, 5.74) is -5.60. The van der Waals surface area contributed by atoms with Gasteiger partial charge in [0.25, 0.3) is 0 Å². The van der Waals surface area contributed by atoms with Gasteiger partial charge in [-0.2, -0.15) is 0 Å². The van der Waals surface area contributed by atoms with Crippen LogP contribution in [0, 0.1) is 28.6 Å². The number of fused-ring (bicyclic) bond motifs is 5. The van der Waals surface area contributed by atoms with Gasteiger partial charge in [0.1, 0.15) is 0 Å². The second-order valence-electron chi connectivity index (χ2n) is 11.7. The van der Waals surface area contributed by atoms with Crippen LogP contribution in [0.15, 0.2) is 46.6 Å². The SMILES string of the molecule is CC(=O)OCC(=O)[C@@]1(OC(=O)c2ccco2)[C@H](C)C[C@H]2C3CCC4=CC(=O)C=C[C@]4(C)[C@@]3(F)[C@@H](O)C[C@@]21C. The van der Waals surface area contributed by atoms with Gasteiger partial charge >= 0.3 is 11.9 Å². The normalized spacial score (nSPS) is 41.4. The summed E-state index contributed by atoms with van der Waals surface area (Å²) in [7, 11) is 0. The fourth-order valence-corrected chi connectivity index (χ4v) is 8.26. The van der Waals surface area contributed by atoms with Gasteiger partial charge in [0.05, 0.1) is 12.4 Å². The van der Waals surface area contributed by atoms with Crippen LogP contribution in [0.1, 0.15) is 63.9 Å². The summed E-state index contributed by atoms with van der Waals surface area (Å²) in [6.45, 7) is 5.80. The Hall–Kier alpha value is -3.07. The zero-order valence-corrected chi connectivity index (χ0v) is 22.0. The maximum Gasteiger partial charge on any atom is 0.375 e. The van der Waals surface area contributed by atoms with Crippen molar-refractivity contribution in [3.8, 4) is 0 Å². The molecule has 3 fully saturated rings. The van der Waals surface area contributed by atoms with E-state index in [-0.39, 0.29) is 18.0 Å². The lowest BCUT2D eigenvalue weighted by Crippen LogP contribution is -2.70. The third kappa shape index (κ3) is 3.36. The number of alkyl halides is 1. The largest absolute Gasteiger partial charge is 0.458 e. The quantitative estimate of drug-likeness (QED) is 0.571. The third-order valence-electron chi connectivity index (χ3n) is 9.98. The average Bonchev–Trinajstić information content (AvgIpc) is 3.46. The van der Waals surface area contributed by atoms with Crippen molar-refractivity contribution in [2.24, 2.45) is 28.6 Å². The molecule has 1 unspecified atom stereocenters. The van der Waals surface area contributed by atoms with Gasteiger partial charge in [-0.15, -0.1) is 0 Å². The second-order valence-corrected chi connectivity index (χ2v) is 11.7. The Bertz CT molecular complexity index is 1250. The van der Waals surface area contributed by atoms with E-state index in [4.69, 9.17) is 13.9 Å². The molecule has 4 aliphatic carbocycles. The van der Waals surface area contributed by atoms with Gasteiger partial charge in [-0.3, -0.25) is 14.4 Å². The molecule has 0 saturated heterocycles. The van der Waals surface area contributed by atoms with E-state index in [2.05, 4.69) is 0 Å². The fourth-order valence-electron chi connectivity index (χ4n) is 8.26. The molecule has 4 aliphatic rings. The third-order valence-corrected chi connectivity index (χ3v) is 9.98. The Labute approximate surface area is 220 Å². The van der Waals surface area contributed by atoms with E-state index < -0.39 is 70.3 Å². The van der Waals surface area contributed by atoms with Crippen molar-refractivity contribution >= 4 is 23.5 Å². The topological polar surface area (TPSA) is 120 Å². The zero-order valence-electron chi connectivity index (χ0n) is 22.0. The Morgan fingerprint density at radius 2 is 1.97 bits per heavy atom. The van der Waals surface area contributed by atoms with Crippen molar-refractivity contribution in [2.75, 3.05) is 6.61 Å². The van der Waals surface area contributed by atoms with Crippen molar-refractivity contribution in [3.63, 3.8) is 0 Å². The van der Waals surface area contributed by atoms with Gasteiger partial charge in [0.2, 0.25) is 11.5 Å². The average molecular weight is 529 g/mol. The van der Waals surface area contributed by atoms with Gasteiger partial charge in [0, 0.05) is 29.6 Å². The van der Waals surface area contributed by atoms with Gasteiger partial charge in [0.15, 0.2) is 23.7 Å². The summed E-state index contributed by atoms with van der Waals surface area (Å²) in [4.78, 5) is 50.8. The first-order chi connectivity index (χ1) is 17.8. The zero-order chi connectivity index (χ0) is 27.7. The molecule has 5 rings (SSSR count). The summed E-state index contributed by atoms with van der Waals surface area (Å²) in [5, 5.41) is 11.6. The van der Waals surface area contributed by atoms with E-state index in [1.54, 1.807) is 26.8 Å². The lowest BCUT2D eigenvalue weighted by atomic mass is 9.44. The van der Waals surface area contributed by atoms with Gasteiger partial charge < -0.3 is 19.0 Å². The molecular weight excluding hydrogens is 495 g/mol. The highest BCUT2D eigenvalue weighted by molar-refractivity contribution is 6.01. The predicted octanol–water partition coefficient (Wildman–Crippen LogP) is 3.92. The maximum atomic E-state index is 17.5. The molecule has 0 radical (unpaired) electrons. The number of ether oxygens (including phenoxy) is 2. The fraction of sp³-hybridized carbons (Fsp3) is 0.586. The van der Waals surface area contributed by atoms with Crippen molar-refractivity contribution in [2.45, 2.75) is 70.8 Å². The van der Waals surface area contributed by atoms with Gasteiger partial charge in [-0.05, 0) is 62.8 Å². The summed E-state index contributed by atoms with van der Waals surface area (Å²) < 4.78 is 33.8. The number of rotatable bonds is 5. The molecule has 0 aromatic carbocycles. The van der Waals surface area contributed by atoms with Crippen molar-refractivity contribution in [1.29, 1.82) is 0 Å². The Balaban J connectivity index is 1.61. The number of aliphatic hydroxyl groups is 1. The number of hydrogen-bond acceptors (Lipinski definition) is 8. The van der Waals surface area contributed by atoms with Crippen LogP contribution in [-0.4, -0.2) is 52.6 Å². The van der Waals surface area contributed by atoms with E-state index in [0.29, 0.717) is 24.8 Å². The number of ketones is 2. The molecule has 0 aliphatic heterocycles. The van der Waals surface area contributed by atoms with Crippen LogP contribution in [0.25, 0.3) is 0 Å². The number of furan rings is 1. The van der Waals surface area contributed by atoms with Crippen LogP contribution in [0.2, 0.25) is 0 Å². The molecule has 8 atom stereocenters. The molecule has 1 aromatic heterocycles. The number of aliphatic hydroxyl groups excluding tert-OH is 1. The minimum atomic E-state index is -2.10. The first kappa shape index (κ1) is 26.5. The summed E-state index contributed by atoms with van der Waals surface area (Å²) in [6.07, 6.45) is 5.19. The molecule has 1 N–H and O–H groups in total. The van der Waals surface area contributed by atoms with Crippen LogP contribution in [0.5, 0.6) is 0 Å². The summed E-state index contributed by atoms with van der Waals surface area (Å²) in [5.74, 6) is -4.13. The van der Waals surface area contributed by atoms with Crippen LogP contribution in [0.4, 0.5) is 4.39 Å². The van der Waals surface area contributed by atoms with E-state index in [1.165, 1.54) is 37.5 Å². The van der Waals surface area contributed by atoms with Crippen molar-refractivity contribution in [1.82, 2.24) is 0 Å². The molecule has 8 nitrogen and oxygen atoms in total. The molecule has 38 heavy (non-hydrogen) atoms. The molecule has 204 valence electrons. The number of esters is 2. The van der Waals surface area contributed by atoms with E-state index in [1.807, 2.05) is 0 Å². The Morgan fingerprint density at radius 1 is 1.24 bits per heavy atom. The van der Waals surface area contributed by atoms with Crippen molar-refractivity contribution < 1.29 is 42.6 Å². The first-order valence-corrected chi connectivity index (χ1v) is 13.1. The lowest BCUT2D eigenvalue weighted by Gasteiger charge is -2.62. The molecule has 1 aromatic rings. The number of halogens is 1. The highest BCUT2D eigenvalue weighted by Crippen LogP contribution is 2.71. The predicted molar refractivity (Wildman–Crippen MR) is 131 cm³/mol. The molecule has 1 heterocycles. The van der Waals surface area contributed by atoms with Gasteiger partial charge in [-0.1, -0.05) is 25.5 Å². The lowest BCUT2D eigenvalue weighted by molar-refractivity contribution is -0.220. The van der Waals surface area contributed by atoms with Gasteiger partial charge in [-0.25, -0.2) is 9.18 Å². The number of carbonyl (C=O) groups excluding carboxylic acids is 4. The van der Waals surface area contributed by atoms with Crippen molar-refractivity contribution in [3.05, 3.63) is 48.0 Å². The standard InChI is InChI=1S/C29H33FO8/c1-16-12-21-20-8-7-18-13-19(32)9-10-26(18,3)28(20,30)23(33)14-27(21,4)29(16,24(34)15-37-17(2)31)38-25(35)22-6-5-11-36-22/h5-6,9-11,13,16,20-21,23,33H,7-8,12,14-15H2,1-4H3/t16-,20?,21+,23+,26+,27+,28+,29+/m1/s1. The Kier molecular flexibility index (Phi) is 6.09. The summed E-state index contributed by atoms with van der Waals surface area (Å²) in [6, 6.07) is 2.94. The highest BCUT2D eigenvalue weighted by Gasteiger charge is 2.77. The molecule has 0 bridgehead atoms. The molecule has 0 amide bonds. The van der Waals surface area contributed by atoms with Crippen LogP contribution in [0.3, 0.4) is 0 Å². The number of carbonyl (C=O) groups is 4. The van der Waals surface area contributed by atoms with E-state index in [9.17, 15) is 24.3 Å². The van der Waals surface area contributed by atoms with Crippen LogP contribution < -0.4 is 0 Å². The smallest absolute Gasteiger partial charge is 0.375 e. The van der Waals surface area contributed by atoms with Crippen LogP contribution in [-0.2, 0) is 23.9 Å². The van der Waals surface area contributed by atoms with Crippen LogP contribution >= 0.6 is 0 Å². The number of hydrogen-bond donors (Lipinski definition) is 1. The Morgan fingerprint density at radius 3 is 2.63 bits per heavy atom. The number of allylic oxidation sites excluding steroid dienone is 4. The minimum Gasteiger partial charge on any atom is -0.458 e. The second kappa shape index (κ2) is 8.73. The van der Waals surface area contributed by atoms with E-state index in [0.717, 1.165) is 0 Å². The minimum absolute atomic E-state index is 0.0999.